The van der Waals surface area contributed by atoms with Crippen molar-refractivity contribution in [3.05, 3.63) is 51.4 Å². The summed E-state index contributed by atoms with van der Waals surface area (Å²) in [5.41, 5.74) is 0.488. The van der Waals surface area contributed by atoms with Crippen molar-refractivity contribution in [3.63, 3.8) is 0 Å². The van der Waals surface area contributed by atoms with Crippen molar-refractivity contribution in [1.82, 2.24) is 9.97 Å². The summed E-state index contributed by atoms with van der Waals surface area (Å²) in [4.78, 5) is 17.6. The van der Waals surface area contributed by atoms with Crippen molar-refractivity contribution < 1.29 is 9.66 Å². The van der Waals surface area contributed by atoms with Gasteiger partial charge in [-0.1, -0.05) is 36.7 Å². The van der Waals surface area contributed by atoms with Crippen molar-refractivity contribution >= 4 is 17.3 Å². The van der Waals surface area contributed by atoms with Gasteiger partial charge in [-0.15, -0.1) is 0 Å². The lowest BCUT2D eigenvalue weighted by Gasteiger charge is -2.08. The van der Waals surface area contributed by atoms with Crippen LogP contribution in [0.3, 0.4) is 0 Å². The highest BCUT2D eigenvalue weighted by Crippen LogP contribution is 2.34. The van der Waals surface area contributed by atoms with Gasteiger partial charge < -0.3 is 4.74 Å². The Bertz CT molecular complexity index is 619. The monoisotopic (exact) mass is 279 g/mol. The molecule has 0 fully saturated rings. The Morgan fingerprint density at radius 3 is 2.79 bits per heavy atom. The zero-order chi connectivity index (χ0) is 13.8. The van der Waals surface area contributed by atoms with Crippen molar-refractivity contribution in [3.8, 4) is 11.6 Å². The van der Waals surface area contributed by atoms with Crippen LogP contribution in [0.25, 0.3) is 0 Å². The molecule has 0 amide bonds. The van der Waals surface area contributed by atoms with E-state index in [1.807, 2.05) is 19.1 Å². The maximum absolute atomic E-state index is 10.9. The molecule has 1 aromatic carbocycles. The highest BCUT2D eigenvalue weighted by Gasteiger charge is 2.24. The predicted octanol–water partition coefficient (Wildman–Crippen LogP) is 3.39. The number of para-hydroxylation sites is 1. The summed E-state index contributed by atoms with van der Waals surface area (Å²) in [6.07, 6.45) is 1.86. The van der Waals surface area contributed by atoms with Crippen LogP contribution in [0.2, 0.25) is 5.15 Å². The average molecular weight is 280 g/mol. The van der Waals surface area contributed by atoms with E-state index in [9.17, 15) is 10.1 Å². The summed E-state index contributed by atoms with van der Waals surface area (Å²) >= 11 is 5.69. The molecule has 0 bridgehead atoms. The van der Waals surface area contributed by atoms with Crippen LogP contribution in [0.5, 0.6) is 11.6 Å². The van der Waals surface area contributed by atoms with E-state index >= 15 is 0 Å². The van der Waals surface area contributed by atoms with Crippen molar-refractivity contribution in [1.29, 1.82) is 0 Å². The molecular formula is C12H10ClN3O3. The SMILES string of the molecule is CCc1ccccc1Oc1ncnc(Cl)c1[N+](=O)[O-]. The molecule has 2 aromatic rings. The summed E-state index contributed by atoms with van der Waals surface area (Å²) in [6, 6.07) is 7.25. The fourth-order valence-corrected chi connectivity index (χ4v) is 1.76. The number of hydrogen-bond donors (Lipinski definition) is 0. The number of benzene rings is 1. The fourth-order valence-electron chi connectivity index (χ4n) is 1.57. The van der Waals surface area contributed by atoms with Gasteiger partial charge in [0.2, 0.25) is 5.15 Å². The van der Waals surface area contributed by atoms with Gasteiger partial charge in [-0.05, 0) is 18.1 Å². The van der Waals surface area contributed by atoms with Gasteiger partial charge >= 0.3 is 11.6 Å². The lowest BCUT2D eigenvalue weighted by molar-refractivity contribution is -0.386. The molecule has 0 aliphatic heterocycles. The van der Waals surface area contributed by atoms with E-state index in [2.05, 4.69) is 9.97 Å². The molecule has 0 saturated heterocycles. The number of hydrogen-bond acceptors (Lipinski definition) is 5. The van der Waals surface area contributed by atoms with Crippen LogP contribution in [0.4, 0.5) is 5.69 Å². The molecule has 1 heterocycles. The summed E-state index contributed by atoms with van der Waals surface area (Å²) in [5.74, 6) is 0.355. The second-order valence-electron chi connectivity index (χ2n) is 3.64. The standard InChI is InChI=1S/C12H10ClN3O3/c1-2-8-5-3-4-6-9(8)19-12-10(16(17)18)11(13)14-7-15-12/h3-7H,2H2,1H3. The minimum atomic E-state index is -0.660. The highest BCUT2D eigenvalue weighted by atomic mass is 35.5. The molecule has 98 valence electrons. The summed E-state index contributed by atoms with van der Waals surface area (Å²) in [5, 5.41) is 10.7. The third-order valence-electron chi connectivity index (χ3n) is 2.49. The molecule has 6 nitrogen and oxygen atoms in total. The first-order valence-electron chi connectivity index (χ1n) is 5.54. The molecule has 1 aromatic heterocycles. The van der Waals surface area contributed by atoms with Gasteiger partial charge in [-0.2, -0.15) is 4.98 Å². The minimum absolute atomic E-state index is 0.161. The molecule has 0 N–H and O–H groups in total. The van der Waals surface area contributed by atoms with E-state index in [-0.39, 0.29) is 11.0 Å². The molecular weight excluding hydrogens is 270 g/mol. The molecule has 7 heteroatoms. The fraction of sp³-hybridized carbons (Fsp3) is 0.167. The topological polar surface area (TPSA) is 78.2 Å². The van der Waals surface area contributed by atoms with Gasteiger partial charge in [0.1, 0.15) is 12.1 Å². The van der Waals surface area contributed by atoms with Crippen LogP contribution in [0, 0.1) is 10.1 Å². The zero-order valence-electron chi connectivity index (χ0n) is 10.0. The quantitative estimate of drug-likeness (QED) is 0.487. The third-order valence-corrected chi connectivity index (χ3v) is 2.76. The van der Waals surface area contributed by atoms with Gasteiger partial charge in [-0.3, -0.25) is 10.1 Å². The number of nitrogens with zero attached hydrogens (tertiary/aromatic N) is 3. The first-order valence-corrected chi connectivity index (χ1v) is 5.92. The van der Waals surface area contributed by atoms with E-state index in [4.69, 9.17) is 16.3 Å². The normalized spacial score (nSPS) is 10.2. The Hall–Kier alpha value is -2.21. The Labute approximate surface area is 114 Å². The van der Waals surface area contributed by atoms with Gasteiger partial charge in [0.05, 0.1) is 4.92 Å². The number of nitro groups is 1. The van der Waals surface area contributed by atoms with E-state index in [1.54, 1.807) is 12.1 Å². The molecule has 0 aliphatic carbocycles. The van der Waals surface area contributed by atoms with E-state index in [0.717, 1.165) is 18.3 Å². The lowest BCUT2D eigenvalue weighted by Crippen LogP contribution is -1.99. The smallest absolute Gasteiger partial charge is 0.368 e. The van der Waals surface area contributed by atoms with Gasteiger partial charge in [0.25, 0.3) is 0 Å². The Balaban J connectivity index is 2.44. The van der Waals surface area contributed by atoms with Crippen LogP contribution >= 0.6 is 11.6 Å². The summed E-state index contributed by atoms with van der Waals surface area (Å²) in [7, 11) is 0. The summed E-state index contributed by atoms with van der Waals surface area (Å²) in [6.45, 7) is 1.96. The van der Waals surface area contributed by atoms with Crippen LogP contribution < -0.4 is 4.74 Å². The molecule has 0 aliphatic rings. The van der Waals surface area contributed by atoms with Crippen LogP contribution in [-0.2, 0) is 6.42 Å². The lowest BCUT2D eigenvalue weighted by atomic mass is 10.1. The van der Waals surface area contributed by atoms with Crippen molar-refractivity contribution in [2.24, 2.45) is 0 Å². The van der Waals surface area contributed by atoms with Crippen LogP contribution in [0.1, 0.15) is 12.5 Å². The molecule has 0 unspecified atom stereocenters. The predicted molar refractivity (Wildman–Crippen MR) is 69.6 cm³/mol. The van der Waals surface area contributed by atoms with E-state index in [1.165, 1.54) is 0 Å². The molecule has 2 rings (SSSR count). The van der Waals surface area contributed by atoms with Crippen LogP contribution in [0.15, 0.2) is 30.6 Å². The molecule has 19 heavy (non-hydrogen) atoms. The molecule has 0 saturated carbocycles. The Morgan fingerprint density at radius 2 is 2.11 bits per heavy atom. The molecule has 0 radical (unpaired) electrons. The van der Waals surface area contributed by atoms with E-state index in [0.29, 0.717) is 5.75 Å². The number of rotatable bonds is 4. The van der Waals surface area contributed by atoms with E-state index < -0.39 is 10.6 Å². The molecule has 0 atom stereocenters. The highest BCUT2D eigenvalue weighted by molar-refractivity contribution is 6.31. The van der Waals surface area contributed by atoms with Gasteiger partial charge in [0, 0.05) is 0 Å². The number of aryl methyl sites for hydroxylation is 1. The van der Waals surface area contributed by atoms with Crippen molar-refractivity contribution in [2.45, 2.75) is 13.3 Å². The Morgan fingerprint density at radius 1 is 1.37 bits per heavy atom. The number of aromatic nitrogens is 2. The van der Waals surface area contributed by atoms with Gasteiger partial charge in [-0.25, -0.2) is 4.98 Å². The largest absolute Gasteiger partial charge is 0.433 e. The first-order chi connectivity index (χ1) is 9.13. The van der Waals surface area contributed by atoms with Gasteiger partial charge in [0.15, 0.2) is 0 Å². The number of ether oxygens (including phenoxy) is 1. The van der Waals surface area contributed by atoms with Crippen molar-refractivity contribution in [2.75, 3.05) is 0 Å². The first kappa shape index (κ1) is 13.2. The minimum Gasteiger partial charge on any atom is -0.433 e. The second kappa shape index (κ2) is 5.62. The Kier molecular flexibility index (Phi) is 3.91. The van der Waals surface area contributed by atoms with Crippen LogP contribution in [-0.4, -0.2) is 14.9 Å². The molecule has 0 spiro atoms. The maximum Gasteiger partial charge on any atom is 0.368 e. The average Bonchev–Trinajstić information content (AvgIpc) is 2.39. The second-order valence-corrected chi connectivity index (χ2v) is 4.00. The number of halogens is 1. The summed E-state index contributed by atoms with van der Waals surface area (Å²) < 4.78 is 5.50. The zero-order valence-corrected chi connectivity index (χ0v) is 10.8. The maximum atomic E-state index is 10.9. The third kappa shape index (κ3) is 2.79.